The van der Waals surface area contributed by atoms with E-state index in [1.165, 1.54) is 10.9 Å². The highest BCUT2D eigenvalue weighted by molar-refractivity contribution is 6.30. The minimum Gasteiger partial charge on any atom is -0.494 e. The van der Waals surface area contributed by atoms with Crippen molar-refractivity contribution in [3.8, 4) is 39.8 Å². The third kappa shape index (κ3) is 13.2. The number of ether oxygens (including phenoxy) is 2. The zero-order valence-corrected chi connectivity index (χ0v) is 43.0. The van der Waals surface area contributed by atoms with Crippen LogP contribution in [-0.2, 0) is 16.6 Å². The average molecular weight is 984 g/mol. The third-order valence-electron chi connectivity index (χ3n) is 14.1. The number of halogens is 1. The van der Waals surface area contributed by atoms with Crippen molar-refractivity contribution in [3.05, 3.63) is 108 Å². The molecule has 0 radical (unpaired) electrons. The van der Waals surface area contributed by atoms with Crippen LogP contribution in [0.2, 0.25) is 5.02 Å². The monoisotopic (exact) mass is 983 g/mol. The van der Waals surface area contributed by atoms with Crippen LogP contribution in [0.3, 0.4) is 0 Å². The van der Waals surface area contributed by atoms with Gasteiger partial charge in [0.15, 0.2) is 0 Å². The standard InChI is InChI=1S/C57H71ClN8O5/c1-41(2)60-56(67)54(65-30-26-63(27-31-65)24-9-7-11-35-70-47-21-23-49-51(40-71-53(49)37-47)44-14-12-42(38-59)13-15-44)55(57(68)61(3)4)66-32-28-64(29-33-66)25-8-6-10-34-69-46-20-22-48-50(39-62(5)52(48)36-46)43-16-18-45(58)19-17-43/h12-23,36-37,39-41,54-55H,6-11,24-35H2,1-5H3,(H,60,67). The Kier molecular flexibility index (Phi) is 17.8. The second-order valence-corrected chi connectivity index (χ2v) is 20.1. The molecule has 2 amide bonds. The molecule has 4 aromatic carbocycles. The minimum absolute atomic E-state index is 0.0165. The molecule has 0 bridgehead atoms. The molecule has 2 atom stereocenters. The molecule has 2 aliphatic rings. The lowest BCUT2D eigenvalue weighted by Gasteiger charge is -2.46. The molecule has 2 unspecified atom stereocenters. The van der Waals surface area contributed by atoms with Gasteiger partial charge in [0.2, 0.25) is 11.8 Å². The molecule has 8 rings (SSSR count). The lowest BCUT2D eigenvalue weighted by atomic mass is 9.99. The molecule has 4 heterocycles. The number of hydrogen-bond acceptors (Lipinski definition) is 10. The molecule has 2 fully saturated rings. The fraction of sp³-hybridized carbons (Fsp3) is 0.456. The second kappa shape index (κ2) is 24.5. The normalized spacial score (nSPS) is 16.0. The number of nitrogens with one attached hydrogen (secondary N) is 1. The van der Waals surface area contributed by atoms with Crippen LogP contribution in [0.15, 0.2) is 102 Å². The summed E-state index contributed by atoms with van der Waals surface area (Å²) in [7, 11) is 5.68. The summed E-state index contributed by atoms with van der Waals surface area (Å²) in [4.78, 5) is 39.5. The van der Waals surface area contributed by atoms with E-state index >= 15 is 0 Å². The number of carbonyl (C=O) groups excluding carboxylic acids is 2. The van der Waals surface area contributed by atoms with Gasteiger partial charge in [-0.05, 0) is 125 Å². The predicted molar refractivity (Wildman–Crippen MR) is 284 cm³/mol. The van der Waals surface area contributed by atoms with Crippen molar-refractivity contribution in [2.24, 2.45) is 7.05 Å². The summed E-state index contributed by atoms with van der Waals surface area (Å²) >= 11 is 6.14. The van der Waals surface area contributed by atoms with E-state index in [0.717, 1.165) is 154 Å². The van der Waals surface area contributed by atoms with E-state index in [1.54, 1.807) is 25.3 Å². The molecular formula is C57H71ClN8O5. The Bertz CT molecular complexity index is 2730. The first-order valence-corrected chi connectivity index (χ1v) is 25.9. The highest BCUT2D eigenvalue weighted by Crippen LogP contribution is 2.35. The quantitative estimate of drug-likeness (QED) is 0.0660. The largest absolute Gasteiger partial charge is 0.494 e. The molecule has 6 aromatic rings. The van der Waals surface area contributed by atoms with Gasteiger partial charge in [-0.2, -0.15) is 5.26 Å². The molecule has 71 heavy (non-hydrogen) atoms. The molecule has 1 N–H and O–H groups in total. The van der Waals surface area contributed by atoms with Crippen LogP contribution in [0, 0.1) is 11.3 Å². The Morgan fingerprint density at radius 1 is 0.704 bits per heavy atom. The molecule has 14 heteroatoms. The number of likely N-dealkylation sites (N-methyl/N-ethyl adjacent to an activating group) is 1. The number of carbonyl (C=O) groups is 2. The fourth-order valence-electron chi connectivity index (χ4n) is 10.1. The number of piperazine rings is 2. The smallest absolute Gasteiger partial charge is 0.241 e. The number of hydrogen-bond donors (Lipinski definition) is 1. The Morgan fingerprint density at radius 2 is 1.25 bits per heavy atom. The van der Waals surface area contributed by atoms with Crippen LogP contribution < -0.4 is 14.8 Å². The van der Waals surface area contributed by atoms with Gasteiger partial charge in [0.25, 0.3) is 0 Å². The van der Waals surface area contributed by atoms with Gasteiger partial charge in [-0.1, -0.05) is 35.9 Å². The number of unbranched alkanes of at least 4 members (excludes halogenated alkanes) is 4. The summed E-state index contributed by atoms with van der Waals surface area (Å²) in [6, 6.07) is 28.8. The first-order chi connectivity index (χ1) is 34.4. The van der Waals surface area contributed by atoms with E-state index in [4.69, 9.17) is 30.8 Å². The van der Waals surface area contributed by atoms with E-state index in [2.05, 4.69) is 79.1 Å². The number of aromatic nitrogens is 1. The summed E-state index contributed by atoms with van der Waals surface area (Å²) in [5, 5.41) is 15.3. The van der Waals surface area contributed by atoms with Crippen molar-refractivity contribution >= 4 is 45.3 Å². The molecule has 2 aromatic heterocycles. The topological polar surface area (TPSA) is 123 Å². The second-order valence-electron chi connectivity index (χ2n) is 19.7. The SMILES string of the molecule is CC(C)NC(=O)C(C(C(=O)N(C)C)N1CCN(CCCCCOc2ccc3c(-c4ccc(Cl)cc4)cn(C)c3c2)CC1)N1CCN(CCCCCOc2ccc3c(-c4ccc(C#N)cc4)coc3c2)CC1. The van der Waals surface area contributed by atoms with E-state index < -0.39 is 12.1 Å². The number of amides is 2. The van der Waals surface area contributed by atoms with Gasteiger partial charge in [-0.15, -0.1) is 0 Å². The summed E-state index contributed by atoms with van der Waals surface area (Å²) in [5.74, 6) is 1.59. The molecule has 376 valence electrons. The van der Waals surface area contributed by atoms with E-state index in [-0.39, 0.29) is 17.9 Å². The van der Waals surface area contributed by atoms with Crippen LogP contribution in [0.4, 0.5) is 0 Å². The van der Waals surface area contributed by atoms with Crippen LogP contribution in [-0.4, -0.2) is 152 Å². The first kappa shape index (κ1) is 51.5. The summed E-state index contributed by atoms with van der Waals surface area (Å²) < 4.78 is 20.4. The Balaban J connectivity index is 0.759. The number of nitrogens with zero attached hydrogens (tertiary/aromatic N) is 7. The molecule has 2 saturated heterocycles. The van der Waals surface area contributed by atoms with Crippen LogP contribution >= 0.6 is 11.6 Å². The van der Waals surface area contributed by atoms with Gasteiger partial charge in [0, 0.05) is 125 Å². The zero-order valence-electron chi connectivity index (χ0n) is 42.2. The molecule has 0 aliphatic carbocycles. The van der Waals surface area contributed by atoms with Crippen molar-refractivity contribution in [1.29, 1.82) is 5.26 Å². The van der Waals surface area contributed by atoms with Gasteiger partial charge in [0.1, 0.15) is 29.2 Å². The average Bonchev–Trinajstić information content (AvgIpc) is 3.95. The van der Waals surface area contributed by atoms with Gasteiger partial charge < -0.3 is 38.5 Å². The molecular weight excluding hydrogens is 912 g/mol. The van der Waals surface area contributed by atoms with Crippen LogP contribution in [0.5, 0.6) is 11.5 Å². The Labute approximate surface area is 424 Å². The van der Waals surface area contributed by atoms with E-state index in [1.807, 2.05) is 68.4 Å². The Hall–Kier alpha value is -5.88. The minimum atomic E-state index is -0.575. The van der Waals surface area contributed by atoms with Crippen molar-refractivity contribution < 1.29 is 23.5 Å². The number of benzene rings is 4. The third-order valence-corrected chi connectivity index (χ3v) is 14.3. The van der Waals surface area contributed by atoms with Crippen LogP contribution in [0.1, 0.15) is 57.9 Å². The van der Waals surface area contributed by atoms with Crippen molar-refractivity contribution in [2.45, 2.75) is 70.5 Å². The van der Waals surface area contributed by atoms with Crippen molar-refractivity contribution in [1.82, 2.24) is 34.4 Å². The van der Waals surface area contributed by atoms with Gasteiger partial charge >= 0.3 is 0 Å². The Morgan fingerprint density at radius 3 is 1.83 bits per heavy atom. The summed E-state index contributed by atoms with van der Waals surface area (Å²) in [5.41, 5.74) is 6.86. The molecule has 0 saturated carbocycles. The molecule has 2 aliphatic heterocycles. The lowest BCUT2D eigenvalue weighted by molar-refractivity contribution is -0.145. The van der Waals surface area contributed by atoms with Gasteiger partial charge in [0.05, 0.1) is 36.6 Å². The molecule has 0 spiro atoms. The number of aryl methyl sites for hydroxylation is 1. The predicted octanol–water partition coefficient (Wildman–Crippen LogP) is 9.17. The van der Waals surface area contributed by atoms with Crippen molar-refractivity contribution in [2.75, 3.05) is 92.8 Å². The summed E-state index contributed by atoms with van der Waals surface area (Å²) in [6.07, 6.45) is 10.1. The fourth-order valence-corrected chi connectivity index (χ4v) is 10.3. The summed E-state index contributed by atoms with van der Waals surface area (Å²) in [6.45, 7) is 13.6. The molecule has 13 nitrogen and oxygen atoms in total. The first-order valence-electron chi connectivity index (χ1n) is 25.5. The maximum absolute atomic E-state index is 14.2. The number of rotatable bonds is 22. The lowest BCUT2D eigenvalue weighted by Crippen LogP contribution is -2.68. The maximum Gasteiger partial charge on any atom is 0.241 e. The van der Waals surface area contributed by atoms with E-state index in [9.17, 15) is 9.59 Å². The maximum atomic E-state index is 14.2. The van der Waals surface area contributed by atoms with E-state index in [0.29, 0.717) is 18.8 Å². The highest BCUT2D eigenvalue weighted by atomic mass is 35.5. The number of furan rings is 1. The highest BCUT2D eigenvalue weighted by Gasteiger charge is 2.44. The van der Waals surface area contributed by atoms with Crippen LogP contribution in [0.25, 0.3) is 44.1 Å². The zero-order chi connectivity index (χ0) is 49.9. The number of fused-ring (bicyclic) bond motifs is 2. The van der Waals surface area contributed by atoms with Gasteiger partial charge in [-0.3, -0.25) is 19.4 Å². The number of nitriles is 1. The van der Waals surface area contributed by atoms with Gasteiger partial charge in [-0.25, -0.2) is 0 Å². The van der Waals surface area contributed by atoms with Crippen molar-refractivity contribution in [3.63, 3.8) is 0 Å².